The second-order valence-corrected chi connectivity index (χ2v) is 10.3. The molecule has 0 spiro atoms. The molecule has 8 nitrogen and oxygen atoms in total. The van der Waals surface area contributed by atoms with E-state index in [1.54, 1.807) is 6.07 Å². The summed E-state index contributed by atoms with van der Waals surface area (Å²) < 4.78 is 11.4. The van der Waals surface area contributed by atoms with Gasteiger partial charge in [0.05, 0.1) is 17.7 Å². The number of aromatic nitrogens is 2. The molecular weight excluding hydrogens is 444 g/mol. The Hall–Kier alpha value is -3.39. The topological polar surface area (TPSA) is 115 Å². The maximum Gasteiger partial charge on any atom is 0.306 e. The first-order chi connectivity index (χ1) is 16.9. The summed E-state index contributed by atoms with van der Waals surface area (Å²) in [7, 11) is 0. The highest BCUT2D eigenvalue weighted by Gasteiger charge is 2.48. The first-order valence-corrected chi connectivity index (χ1v) is 12.4. The average Bonchev–Trinajstić information content (AvgIpc) is 3.49. The highest BCUT2D eigenvalue weighted by Crippen LogP contribution is 2.52. The first kappa shape index (κ1) is 22.1. The second kappa shape index (κ2) is 8.37. The summed E-state index contributed by atoms with van der Waals surface area (Å²) in [6.45, 7) is 4.96. The van der Waals surface area contributed by atoms with Crippen LogP contribution in [0.25, 0.3) is 22.8 Å². The van der Waals surface area contributed by atoms with Crippen LogP contribution in [-0.2, 0) is 11.2 Å². The molecule has 0 radical (unpaired) electrons. The molecule has 1 saturated carbocycles. The lowest BCUT2D eigenvalue weighted by atomic mass is 9.79. The van der Waals surface area contributed by atoms with Gasteiger partial charge in [0, 0.05) is 23.2 Å². The van der Waals surface area contributed by atoms with Crippen molar-refractivity contribution in [1.29, 1.82) is 0 Å². The molecule has 2 atom stereocenters. The molecule has 1 aromatic heterocycles. The highest BCUT2D eigenvalue weighted by molar-refractivity contribution is 5.71. The van der Waals surface area contributed by atoms with E-state index in [-0.39, 0.29) is 12.0 Å². The Balaban J connectivity index is 1.26. The van der Waals surface area contributed by atoms with Crippen LogP contribution >= 0.6 is 0 Å². The summed E-state index contributed by atoms with van der Waals surface area (Å²) >= 11 is 0. The number of hydrogen-bond donors (Lipinski definition) is 2. The van der Waals surface area contributed by atoms with Gasteiger partial charge in [-0.1, -0.05) is 23.4 Å². The van der Waals surface area contributed by atoms with Crippen molar-refractivity contribution in [1.82, 2.24) is 15.0 Å². The molecule has 3 N–H and O–H groups in total. The third-order valence-electron chi connectivity index (χ3n) is 7.78. The minimum absolute atomic E-state index is 0.0386. The molecule has 2 aromatic carbocycles. The number of hydrogen-bond acceptors (Lipinski definition) is 7. The molecule has 2 fully saturated rings. The summed E-state index contributed by atoms with van der Waals surface area (Å²) in [5, 5.41) is 13.6. The van der Waals surface area contributed by atoms with Crippen LogP contribution < -0.4 is 10.5 Å². The number of nitrogens with two attached hydrogens (primary N) is 1. The number of nitrogen functional groups attached to an aromatic ring is 1. The monoisotopic (exact) mass is 474 g/mol. The molecule has 1 unspecified atom stereocenters. The number of nitrogens with zero attached hydrogens (tertiary/aromatic N) is 3. The normalized spacial score (nSPS) is 25.3. The SMILES string of the molecule is CC(C)Oc1ccc(-c2nc(-c3cccc4c3C[C@@H]3CCN(C5CC(C(=O)O)C5)C43)no2)cc1N. The largest absolute Gasteiger partial charge is 0.489 e. The van der Waals surface area contributed by atoms with Gasteiger partial charge < -0.3 is 20.1 Å². The van der Waals surface area contributed by atoms with Gasteiger partial charge in [-0.15, -0.1) is 0 Å². The van der Waals surface area contributed by atoms with Gasteiger partial charge in [-0.2, -0.15) is 4.98 Å². The maximum atomic E-state index is 11.3. The van der Waals surface area contributed by atoms with Gasteiger partial charge in [-0.3, -0.25) is 9.69 Å². The fourth-order valence-corrected chi connectivity index (χ4v) is 6.07. The fraction of sp³-hybridized carbons (Fsp3) is 0.444. The Kier molecular flexibility index (Phi) is 5.29. The molecule has 0 amide bonds. The van der Waals surface area contributed by atoms with Crippen molar-refractivity contribution in [3.8, 4) is 28.6 Å². The summed E-state index contributed by atoms with van der Waals surface area (Å²) in [6.07, 6.45) is 3.67. The Morgan fingerprint density at radius 1 is 1.26 bits per heavy atom. The maximum absolute atomic E-state index is 11.3. The Morgan fingerprint density at radius 3 is 2.83 bits per heavy atom. The van der Waals surface area contributed by atoms with Gasteiger partial charge in [0.25, 0.3) is 5.89 Å². The van der Waals surface area contributed by atoms with E-state index in [0.717, 1.165) is 43.4 Å². The second-order valence-electron chi connectivity index (χ2n) is 10.3. The highest BCUT2D eigenvalue weighted by atomic mass is 16.5. The van der Waals surface area contributed by atoms with Gasteiger partial charge in [0.15, 0.2) is 0 Å². The summed E-state index contributed by atoms with van der Waals surface area (Å²) in [5.41, 5.74) is 11.1. The predicted molar refractivity (Wildman–Crippen MR) is 131 cm³/mol. The predicted octanol–water partition coefficient (Wildman–Crippen LogP) is 4.56. The van der Waals surface area contributed by atoms with Crippen LogP contribution in [0.5, 0.6) is 5.75 Å². The van der Waals surface area contributed by atoms with Crippen molar-refractivity contribution < 1.29 is 19.2 Å². The van der Waals surface area contributed by atoms with Gasteiger partial charge >= 0.3 is 5.97 Å². The van der Waals surface area contributed by atoms with Crippen LogP contribution in [0.3, 0.4) is 0 Å². The van der Waals surface area contributed by atoms with Crippen molar-refractivity contribution in [3.63, 3.8) is 0 Å². The number of benzene rings is 2. The van der Waals surface area contributed by atoms with Crippen molar-refractivity contribution in [2.24, 2.45) is 11.8 Å². The number of carbonyl (C=O) groups is 1. The molecule has 2 aliphatic carbocycles. The van der Waals surface area contributed by atoms with E-state index in [1.165, 1.54) is 11.1 Å². The van der Waals surface area contributed by atoms with Crippen LogP contribution in [0.2, 0.25) is 0 Å². The van der Waals surface area contributed by atoms with Crippen LogP contribution in [0.15, 0.2) is 40.9 Å². The molecule has 2 heterocycles. The smallest absolute Gasteiger partial charge is 0.306 e. The van der Waals surface area contributed by atoms with E-state index >= 15 is 0 Å². The molecular formula is C27H30N4O4. The number of fused-ring (bicyclic) bond motifs is 3. The van der Waals surface area contributed by atoms with Crippen molar-refractivity contribution >= 4 is 11.7 Å². The Labute approximate surface area is 204 Å². The fourth-order valence-electron chi connectivity index (χ4n) is 6.07. The van der Waals surface area contributed by atoms with E-state index < -0.39 is 5.97 Å². The summed E-state index contributed by atoms with van der Waals surface area (Å²) in [4.78, 5) is 18.6. The minimum atomic E-state index is -0.664. The third-order valence-corrected chi connectivity index (χ3v) is 7.78. The van der Waals surface area contributed by atoms with Crippen molar-refractivity contribution in [3.05, 3.63) is 47.5 Å². The molecule has 1 saturated heterocycles. The van der Waals surface area contributed by atoms with E-state index in [2.05, 4.69) is 28.3 Å². The number of likely N-dealkylation sites (tertiary alicyclic amines) is 1. The van der Waals surface area contributed by atoms with E-state index in [9.17, 15) is 9.90 Å². The van der Waals surface area contributed by atoms with Gasteiger partial charge in [0.1, 0.15) is 5.75 Å². The Morgan fingerprint density at radius 2 is 2.09 bits per heavy atom. The lowest BCUT2D eigenvalue weighted by Gasteiger charge is -2.42. The van der Waals surface area contributed by atoms with Crippen LogP contribution in [0.4, 0.5) is 5.69 Å². The van der Waals surface area contributed by atoms with Crippen LogP contribution in [0.1, 0.15) is 50.3 Å². The number of ether oxygens (including phenoxy) is 1. The lowest BCUT2D eigenvalue weighted by Crippen LogP contribution is -2.46. The van der Waals surface area contributed by atoms with E-state index in [4.69, 9.17) is 20.0 Å². The van der Waals surface area contributed by atoms with Gasteiger partial charge in [0.2, 0.25) is 5.82 Å². The molecule has 3 aliphatic rings. The van der Waals surface area contributed by atoms with Crippen LogP contribution in [-0.4, -0.2) is 44.8 Å². The molecule has 8 heteroatoms. The van der Waals surface area contributed by atoms with Crippen LogP contribution in [0, 0.1) is 11.8 Å². The Bertz CT molecular complexity index is 1280. The zero-order valence-electron chi connectivity index (χ0n) is 20.0. The molecule has 6 rings (SSSR count). The zero-order chi connectivity index (χ0) is 24.3. The summed E-state index contributed by atoms with van der Waals surface area (Å²) in [6, 6.07) is 12.6. The molecule has 35 heavy (non-hydrogen) atoms. The number of aliphatic carboxylic acids is 1. The van der Waals surface area contributed by atoms with Gasteiger partial charge in [-0.25, -0.2) is 0 Å². The third kappa shape index (κ3) is 3.76. The van der Waals surface area contributed by atoms with E-state index in [1.807, 2.05) is 26.0 Å². The van der Waals surface area contributed by atoms with Crippen molar-refractivity contribution in [2.45, 2.75) is 57.7 Å². The minimum Gasteiger partial charge on any atom is -0.489 e. The molecule has 3 aromatic rings. The first-order valence-electron chi connectivity index (χ1n) is 12.4. The zero-order valence-corrected chi connectivity index (χ0v) is 20.0. The van der Waals surface area contributed by atoms with Crippen molar-refractivity contribution in [2.75, 3.05) is 12.3 Å². The average molecular weight is 475 g/mol. The quantitative estimate of drug-likeness (QED) is 0.500. The number of rotatable bonds is 6. The number of carboxylic acid groups (broad SMARTS) is 1. The number of anilines is 1. The standard InChI is InChI=1S/C27H30N4O4/c1-14(2)34-23-7-6-16(13-22(23)28)26-29-25(30-35-26)20-5-3-4-19-21(20)12-15-8-9-31(24(15)19)18-10-17(11-18)27(32)33/h3-7,13-15,17-18,24H,8-12,28H2,1-2H3,(H,32,33)/t15-,17?,18?,24?/m0/s1. The molecule has 0 bridgehead atoms. The lowest BCUT2D eigenvalue weighted by molar-refractivity contribution is -0.147. The van der Waals surface area contributed by atoms with E-state index in [0.29, 0.717) is 41.2 Å². The number of carboxylic acids is 1. The molecule has 182 valence electrons. The van der Waals surface area contributed by atoms with Gasteiger partial charge in [-0.05, 0) is 81.3 Å². The summed E-state index contributed by atoms with van der Waals surface area (Å²) in [5.74, 6) is 1.34. The molecule has 1 aliphatic heterocycles.